The second kappa shape index (κ2) is 6.64. The molecule has 22 heavy (non-hydrogen) atoms. The molecule has 1 amide bonds. The molecule has 0 saturated carbocycles. The summed E-state index contributed by atoms with van der Waals surface area (Å²) in [7, 11) is 0. The van der Waals surface area contributed by atoms with Crippen LogP contribution in [0.2, 0.25) is 10.0 Å². The maximum atomic E-state index is 12.1. The van der Waals surface area contributed by atoms with E-state index in [-0.39, 0.29) is 21.2 Å². The van der Waals surface area contributed by atoms with Crippen LogP contribution in [0, 0.1) is 0 Å². The first-order valence-electron chi connectivity index (χ1n) is 6.06. The van der Waals surface area contributed by atoms with Gasteiger partial charge in [-0.1, -0.05) is 29.3 Å². The van der Waals surface area contributed by atoms with Gasteiger partial charge < -0.3 is 15.4 Å². The van der Waals surface area contributed by atoms with Gasteiger partial charge in [0.1, 0.15) is 0 Å². The van der Waals surface area contributed by atoms with E-state index >= 15 is 0 Å². The van der Waals surface area contributed by atoms with Crippen LogP contribution in [0.4, 0.5) is 0 Å². The quantitative estimate of drug-likeness (QED) is 0.794. The Kier molecular flexibility index (Phi) is 4.85. The van der Waals surface area contributed by atoms with Gasteiger partial charge in [0.2, 0.25) is 5.56 Å². The second-order valence-electron chi connectivity index (χ2n) is 4.36. The highest BCUT2D eigenvalue weighted by molar-refractivity contribution is 6.42. The highest BCUT2D eigenvalue weighted by Gasteiger charge is 2.23. The van der Waals surface area contributed by atoms with E-state index < -0.39 is 23.5 Å². The van der Waals surface area contributed by atoms with Crippen molar-refractivity contribution in [3.8, 4) is 0 Å². The number of pyridine rings is 1. The molecular formula is C14H10Cl2N2O4. The Labute approximate surface area is 134 Å². The van der Waals surface area contributed by atoms with E-state index in [1.165, 1.54) is 30.5 Å². The van der Waals surface area contributed by atoms with Crippen LogP contribution in [0.3, 0.4) is 0 Å². The zero-order valence-electron chi connectivity index (χ0n) is 11.0. The molecule has 1 unspecified atom stereocenters. The van der Waals surface area contributed by atoms with Crippen LogP contribution in [0.15, 0.2) is 41.3 Å². The van der Waals surface area contributed by atoms with Crippen molar-refractivity contribution in [1.82, 2.24) is 10.3 Å². The standard InChI is InChI=1S/C14H10Cl2N2O4/c15-9-2-1-7(5-10(9)16)12(14(21)22)18-13(20)8-3-4-17-11(19)6-8/h1-6,12H,(H,17,19)(H,18,20)(H,21,22). The van der Waals surface area contributed by atoms with Crippen LogP contribution in [0.5, 0.6) is 0 Å². The van der Waals surface area contributed by atoms with E-state index in [2.05, 4.69) is 10.3 Å². The normalized spacial score (nSPS) is 11.7. The predicted molar refractivity (Wildman–Crippen MR) is 81.4 cm³/mol. The van der Waals surface area contributed by atoms with E-state index in [1.54, 1.807) is 0 Å². The lowest BCUT2D eigenvalue weighted by Gasteiger charge is -2.15. The monoisotopic (exact) mass is 340 g/mol. The number of carbonyl (C=O) groups excluding carboxylic acids is 1. The van der Waals surface area contributed by atoms with E-state index in [0.29, 0.717) is 0 Å². The Hall–Kier alpha value is -2.31. The van der Waals surface area contributed by atoms with Crippen LogP contribution < -0.4 is 10.9 Å². The van der Waals surface area contributed by atoms with Crippen molar-refractivity contribution in [2.75, 3.05) is 0 Å². The van der Waals surface area contributed by atoms with Gasteiger partial charge in [0, 0.05) is 17.8 Å². The number of hydrogen-bond donors (Lipinski definition) is 3. The first-order valence-corrected chi connectivity index (χ1v) is 6.81. The number of carbonyl (C=O) groups is 2. The number of halogens is 2. The molecule has 0 aliphatic carbocycles. The lowest BCUT2D eigenvalue weighted by molar-refractivity contribution is -0.139. The second-order valence-corrected chi connectivity index (χ2v) is 5.17. The molecule has 8 heteroatoms. The largest absolute Gasteiger partial charge is 0.479 e. The lowest BCUT2D eigenvalue weighted by Crippen LogP contribution is -2.34. The van der Waals surface area contributed by atoms with E-state index in [9.17, 15) is 19.5 Å². The number of benzene rings is 1. The molecule has 1 aromatic carbocycles. The number of aliphatic carboxylic acids is 1. The molecule has 0 saturated heterocycles. The lowest BCUT2D eigenvalue weighted by atomic mass is 10.1. The fourth-order valence-electron chi connectivity index (χ4n) is 1.78. The van der Waals surface area contributed by atoms with Crippen molar-refractivity contribution in [3.05, 3.63) is 68.1 Å². The van der Waals surface area contributed by atoms with Crippen LogP contribution >= 0.6 is 23.2 Å². The molecule has 0 aliphatic heterocycles. The highest BCUT2D eigenvalue weighted by Crippen LogP contribution is 2.26. The third kappa shape index (κ3) is 3.66. The number of H-pyrrole nitrogens is 1. The molecule has 2 rings (SSSR count). The average molecular weight is 341 g/mol. The molecular weight excluding hydrogens is 331 g/mol. The van der Waals surface area contributed by atoms with Crippen molar-refractivity contribution in [2.24, 2.45) is 0 Å². The molecule has 0 bridgehead atoms. The number of carboxylic acids is 1. The Balaban J connectivity index is 2.29. The first-order chi connectivity index (χ1) is 10.4. The summed E-state index contributed by atoms with van der Waals surface area (Å²) in [5.74, 6) is -1.96. The zero-order chi connectivity index (χ0) is 16.3. The van der Waals surface area contributed by atoms with Gasteiger partial charge in [0.15, 0.2) is 6.04 Å². The summed E-state index contributed by atoms with van der Waals surface area (Å²) >= 11 is 11.6. The number of nitrogens with one attached hydrogen (secondary N) is 2. The smallest absolute Gasteiger partial charge is 0.330 e. The number of amides is 1. The van der Waals surface area contributed by atoms with Crippen LogP contribution in [-0.4, -0.2) is 22.0 Å². The van der Waals surface area contributed by atoms with Gasteiger partial charge in [-0.2, -0.15) is 0 Å². The molecule has 0 radical (unpaired) electrons. The summed E-state index contributed by atoms with van der Waals surface area (Å²) in [4.78, 5) is 37.0. The third-order valence-corrected chi connectivity index (χ3v) is 3.58. The summed E-state index contributed by atoms with van der Waals surface area (Å²) in [6, 6.07) is 5.37. The highest BCUT2D eigenvalue weighted by atomic mass is 35.5. The minimum atomic E-state index is -1.32. The minimum Gasteiger partial charge on any atom is -0.479 e. The van der Waals surface area contributed by atoms with Gasteiger partial charge in [0.05, 0.1) is 10.0 Å². The molecule has 0 spiro atoms. The third-order valence-electron chi connectivity index (χ3n) is 2.84. The molecule has 6 nitrogen and oxygen atoms in total. The molecule has 1 atom stereocenters. The number of aromatic amines is 1. The summed E-state index contributed by atoms with van der Waals surface area (Å²) in [6.45, 7) is 0. The van der Waals surface area contributed by atoms with Crippen molar-refractivity contribution < 1.29 is 14.7 Å². The van der Waals surface area contributed by atoms with Crippen LogP contribution in [0.1, 0.15) is 22.0 Å². The van der Waals surface area contributed by atoms with Crippen molar-refractivity contribution in [2.45, 2.75) is 6.04 Å². The number of rotatable bonds is 4. The van der Waals surface area contributed by atoms with Crippen molar-refractivity contribution >= 4 is 35.1 Å². The summed E-state index contributed by atoms with van der Waals surface area (Å²) < 4.78 is 0. The molecule has 2 aromatic rings. The molecule has 1 aromatic heterocycles. The number of hydrogen-bond acceptors (Lipinski definition) is 3. The molecule has 0 aliphatic rings. The Bertz CT molecular complexity index is 788. The van der Waals surface area contributed by atoms with Gasteiger partial charge in [-0.25, -0.2) is 4.79 Å². The maximum absolute atomic E-state index is 12.1. The maximum Gasteiger partial charge on any atom is 0.330 e. The Morgan fingerprint density at radius 1 is 1.14 bits per heavy atom. The van der Waals surface area contributed by atoms with Gasteiger partial charge in [-0.3, -0.25) is 9.59 Å². The predicted octanol–water partition coefficient (Wildman–Crippen LogP) is 2.24. The van der Waals surface area contributed by atoms with Crippen molar-refractivity contribution in [3.63, 3.8) is 0 Å². The molecule has 3 N–H and O–H groups in total. The molecule has 0 fully saturated rings. The van der Waals surface area contributed by atoms with E-state index in [0.717, 1.165) is 6.07 Å². The van der Waals surface area contributed by atoms with Crippen LogP contribution in [-0.2, 0) is 4.79 Å². The Morgan fingerprint density at radius 2 is 1.86 bits per heavy atom. The van der Waals surface area contributed by atoms with Crippen LogP contribution in [0.25, 0.3) is 0 Å². The summed E-state index contributed by atoms with van der Waals surface area (Å²) in [5, 5.41) is 12.1. The van der Waals surface area contributed by atoms with Gasteiger partial charge in [-0.15, -0.1) is 0 Å². The summed E-state index contributed by atoms with van der Waals surface area (Å²) in [6.07, 6.45) is 1.30. The van der Waals surface area contributed by atoms with Crippen molar-refractivity contribution in [1.29, 1.82) is 0 Å². The van der Waals surface area contributed by atoms with E-state index in [1.807, 2.05) is 0 Å². The van der Waals surface area contributed by atoms with Gasteiger partial charge in [0.25, 0.3) is 5.91 Å². The van der Waals surface area contributed by atoms with E-state index in [4.69, 9.17) is 23.2 Å². The SMILES string of the molecule is O=C(NC(C(=O)O)c1ccc(Cl)c(Cl)c1)c1cc[nH]c(=O)c1. The topological polar surface area (TPSA) is 99.3 Å². The minimum absolute atomic E-state index is 0.0510. The zero-order valence-corrected chi connectivity index (χ0v) is 12.5. The summed E-state index contributed by atoms with van der Waals surface area (Å²) in [5.41, 5.74) is -0.149. The molecule has 114 valence electrons. The van der Waals surface area contributed by atoms with Gasteiger partial charge in [-0.05, 0) is 23.8 Å². The molecule has 1 heterocycles. The fourth-order valence-corrected chi connectivity index (χ4v) is 2.09. The Morgan fingerprint density at radius 3 is 2.45 bits per heavy atom. The van der Waals surface area contributed by atoms with Gasteiger partial charge >= 0.3 is 5.97 Å². The number of carboxylic acid groups (broad SMARTS) is 1. The first kappa shape index (κ1) is 16.1. The average Bonchev–Trinajstić information content (AvgIpc) is 2.47. The number of aromatic nitrogens is 1. The fraction of sp³-hybridized carbons (Fsp3) is 0.0714.